The highest BCUT2D eigenvalue weighted by molar-refractivity contribution is 6.31. The van der Waals surface area contributed by atoms with Crippen LogP contribution < -0.4 is 10.6 Å². The van der Waals surface area contributed by atoms with Gasteiger partial charge in [-0.3, -0.25) is 9.59 Å². The van der Waals surface area contributed by atoms with Gasteiger partial charge in [-0.15, -0.1) is 0 Å². The SMILES string of the molecule is CNC(=O)c1ccc(/C=C/C(=O)NCc2cccn2-c2ccc(Cl)c(CO)c2)cc1. The van der Waals surface area contributed by atoms with E-state index in [1.54, 1.807) is 43.5 Å². The van der Waals surface area contributed by atoms with Gasteiger partial charge in [-0.05, 0) is 59.7 Å². The number of aromatic nitrogens is 1. The molecule has 1 heterocycles. The Hall–Kier alpha value is -3.35. The Kier molecular flexibility index (Phi) is 7.06. The van der Waals surface area contributed by atoms with Crippen LogP contribution in [0, 0.1) is 0 Å². The first-order valence-electron chi connectivity index (χ1n) is 9.35. The number of hydrogen-bond acceptors (Lipinski definition) is 3. The third kappa shape index (κ3) is 5.17. The van der Waals surface area contributed by atoms with E-state index in [9.17, 15) is 14.7 Å². The lowest BCUT2D eigenvalue weighted by Crippen LogP contribution is -2.21. The topological polar surface area (TPSA) is 83.4 Å². The van der Waals surface area contributed by atoms with Gasteiger partial charge in [0.25, 0.3) is 5.91 Å². The maximum absolute atomic E-state index is 12.2. The van der Waals surface area contributed by atoms with Crippen molar-refractivity contribution in [3.05, 3.63) is 94.3 Å². The van der Waals surface area contributed by atoms with Crippen LogP contribution >= 0.6 is 11.6 Å². The van der Waals surface area contributed by atoms with Crippen molar-refractivity contribution >= 4 is 29.5 Å². The van der Waals surface area contributed by atoms with Crippen molar-refractivity contribution in [1.29, 1.82) is 0 Å². The van der Waals surface area contributed by atoms with E-state index in [0.717, 1.165) is 16.9 Å². The molecule has 0 atom stereocenters. The second-order valence-electron chi connectivity index (χ2n) is 6.56. The quantitative estimate of drug-likeness (QED) is 0.510. The van der Waals surface area contributed by atoms with Gasteiger partial charge in [0.05, 0.1) is 13.2 Å². The van der Waals surface area contributed by atoms with Gasteiger partial charge in [-0.25, -0.2) is 0 Å². The minimum Gasteiger partial charge on any atom is -0.392 e. The highest BCUT2D eigenvalue weighted by atomic mass is 35.5. The fourth-order valence-electron chi connectivity index (χ4n) is 2.94. The molecular formula is C23H22ClN3O3. The molecular weight excluding hydrogens is 402 g/mol. The van der Waals surface area contributed by atoms with Crippen LogP contribution in [0.2, 0.25) is 5.02 Å². The van der Waals surface area contributed by atoms with Crippen LogP contribution in [0.1, 0.15) is 27.2 Å². The van der Waals surface area contributed by atoms with E-state index < -0.39 is 0 Å². The maximum Gasteiger partial charge on any atom is 0.251 e. The minimum absolute atomic E-state index is 0.144. The van der Waals surface area contributed by atoms with E-state index in [1.807, 2.05) is 35.0 Å². The van der Waals surface area contributed by atoms with E-state index in [0.29, 0.717) is 22.7 Å². The van der Waals surface area contributed by atoms with Crippen molar-refractivity contribution < 1.29 is 14.7 Å². The van der Waals surface area contributed by atoms with Gasteiger partial charge in [0, 0.05) is 41.3 Å². The number of nitrogens with zero attached hydrogens (tertiary/aromatic N) is 1. The fourth-order valence-corrected chi connectivity index (χ4v) is 3.12. The summed E-state index contributed by atoms with van der Waals surface area (Å²) in [4.78, 5) is 23.8. The summed E-state index contributed by atoms with van der Waals surface area (Å²) in [5.41, 5.74) is 3.76. The molecule has 0 aliphatic heterocycles. The summed E-state index contributed by atoms with van der Waals surface area (Å²) in [7, 11) is 1.58. The molecule has 1 aromatic heterocycles. The predicted octanol–water partition coefficient (Wildman–Crippen LogP) is 3.31. The number of nitrogens with one attached hydrogen (secondary N) is 2. The Morgan fingerprint density at radius 2 is 1.90 bits per heavy atom. The molecule has 0 saturated carbocycles. The number of carbonyl (C=O) groups is 2. The van der Waals surface area contributed by atoms with Gasteiger partial charge in [0.2, 0.25) is 5.91 Å². The Balaban J connectivity index is 1.63. The lowest BCUT2D eigenvalue weighted by atomic mass is 10.1. The van der Waals surface area contributed by atoms with Gasteiger partial charge in [-0.2, -0.15) is 0 Å². The molecule has 0 bridgehead atoms. The van der Waals surface area contributed by atoms with Crippen molar-refractivity contribution in [2.45, 2.75) is 13.2 Å². The summed E-state index contributed by atoms with van der Waals surface area (Å²) in [5, 5.41) is 15.3. The summed E-state index contributed by atoms with van der Waals surface area (Å²) in [6.07, 6.45) is 5.03. The molecule has 0 aliphatic rings. The third-order valence-corrected chi connectivity index (χ3v) is 4.95. The van der Waals surface area contributed by atoms with E-state index in [4.69, 9.17) is 11.6 Å². The molecule has 2 aromatic carbocycles. The smallest absolute Gasteiger partial charge is 0.251 e. The third-order valence-electron chi connectivity index (χ3n) is 4.58. The maximum atomic E-state index is 12.2. The average molecular weight is 424 g/mol. The monoisotopic (exact) mass is 423 g/mol. The molecule has 3 rings (SSSR count). The van der Waals surface area contributed by atoms with Crippen LogP contribution in [-0.2, 0) is 17.9 Å². The molecule has 0 fully saturated rings. The molecule has 0 saturated heterocycles. The van der Waals surface area contributed by atoms with Gasteiger partial charge in [0.15, 0.2) is 0 Å². The van der Waals surface area contributed by atoms with Crippen molar-refractivity contribution in [3.8, 4) is 5.69 Å². The highest BCUT2D eigenvalue weighted by Gasteiger charge is 2.07. The normalized spacial score (nSPS) is 10.9. The molecule has 2 amide bonds. The summed E-state index contributed by atoms with van der Waals surface area (Å²) in [6.45, 7) is 0.192. The molecule has 30 heavy (non-hydrogen) atoms. The predicted molar refractivity (Wildman–Crippen MR) is 117 cm³/mol. The number of carbonyl (C=O) groups excluding carboxylic acids is 2. The second-order valence-corrected chi connectivity index (χ2v) is 6.96. The zero-order chi connectivity index (χ0) is 21.5. The van der Waals surface area contributed by atoms with Crippen LogP contribution in [-0.4, -0.2) is 28.5 Å². The first-order chi connectivity index (χ1) is 14.5. The molecule has 0 aliphatic carbocycles. The molecule has 154 valence electrons. The number of aliphatic hydroxyl groups excluding tert-OH is 1. The number of amides is 2. The zero-order valence-corrected chi connectivity index (χ0v) is 17.2. The Morgan fingerprint density at radius 1 is 1.13 bits per heavy atom. The van der Waals surface area contributed by atoms with Crippen LogP contribution in [0.25, 0.3) is 11.8 Å². The summed E-state index contributed by atoms with van der Waals surface area (Å²) < 4.78 is 1.93. The highest BCUT2D eigenvalue weighted by Crippen LogP contribution is 2.21. The Bertz CT molecular complexity index is 1070. The molecule has 0 spiro atoms. The number of rotatable bonds is 7. The number of hydrogen-bond donors (Lipinski definition) is 3. The van der Waals surface area contributed by atoms with Gasteiger partial charge in [0.1, 0.15) is 0 Å². The molecule has 3 N–H and O–H groups in total. The molecule has 7 heteroatoms. The average Bonchev–Trinajstić information content (AvgIpc) is 3.25. The van der Waals surface area contributed by atoms with Crippen LogP contribution in [0.15, 0.2) is 66.9 Å². The standard InChI is InChI=1S/C23H22ClN3O3/c1-25-23(30)17-7-4-16(5-8-17)6-11-22(29)26-14-20-3-2-12-27(20)19-9-10-21(24)18(13-19)15-28/h2-13,28H,14-15H2,1H3,(H,25,30)(H,26,29)/b11-6+. The lowest BCUT2D eigenvalue weighted by Gasteiger charge is -2.11. The van der Waals surface area contributed by atoms with E-state index in [2.05, 4.69) is 10.6 Å². The second kappa shape index (κ2) is 9.91. The van der Waals surface area contributed by atoms with Crippen LogP contribution in [0.4, 0.5) is 0 Å². The number of benzene rings is 2. The summed E-state index contributed by atoms with van der Waals surface area (Å²) >= 11 is 6.06. The molecule has 0 unspecified atom stereocenters. The molecule has 0 radical (unpaired) electrons. The Labute approximate surface area is 179 Å². The van der Waals surface area contributed by atoms with E-state index in [-0.39, 0.29) is 18.4 Å². The van der Waals surface area contributed by atoms with Gasteiger partial charge >= 0.3 is 0 Å². The van der Waals surface area contributed by atoms with Crippen molar-refractivity contribution in [2.75, 3.05) is 7.05 Å². The van der Waals surface area contributed by atoms with Crippen LogP contribution in [0.3, 0.4) is 0 Å². The van der Waals surface area contributed by atoms with E-state index in [1.165, 1.54) is 6.08 Å². The van der Waals surface area contributed by atoms with Gasteiger partial charge in [-0.1, -0.05) is 23.7 Å². The summed E-state index contributed by atoms with van der Waals surface area (Å²) in [5.74, 6) is -0.386. The zero-order valence-electron chi connectivity index (χ0n) is 16.4. The molecule has 6 nitrogen and oxygen atoms in total. The van der Waals surface area contributed by atoms with Crippen molar-refractivity contribution in [1.82, 2.24) is 15.2 Å². The van der Waals surface area contributed by atoms with Crippen molar-refractivity contribution in [2.24, 2.45) is 0 Å². The fraction of sp³-hybridized carbons (Fsp3) is 0.130. The van der Waals surface area contributed by atoms with Crippen molar-refractivity contribution in [3.63, 3.8) is 0 Å². The summed E-state index contributed by atoms with van der Waals surface area (Å²) in [6, 6.07) is 16.2. The van der Waals surface area contributed by atoms with Crippen LogP contribution in [0.5, 0.6) is 0 Å². The largest absolute Gasteiger partial charge is 0.392 e. The number of halogens is 1. The first kappa shape index (κ1) is 21.4. The van der Waals surface area contributed by atoms with E-state index >= 15 is 0 Å². The minimum atomic E-state index is -0.231. The Morgan fingerprint density at radius 3 is 2.60 bits per heavy atom. The number of aliphatic hydroxyl groups is 1. The lowest BCUT2D eigenvalue weighted by molar-refractivity contribution is -0.116. The van der Waals surface area contributed by atoms with Gasteiger partial charge < -0.3 is 20.3 Å². The first-order valence-corrected chi connectivity index (χ1v) is 9.73. The molecule has 3 aromatic rings.